The van der Waals surface area contributed by atoms with Gasteiger partial charge in [-0.1, -0.05) is 61.8 Å². The molecule has 46 heavy (non-hydrogen) atoms. The van der Waals surface area contributed by atoms with Gasteiger partial charge < -0.3 is 25.7 Å². The number of carboxylic acid groups (broad SMARTS) is 1. The van der Waals surface area contributed by atoms with Crippen molar-refractivity contribution in [2.75, 3.05) is 33.2 Å². The van der Waals surface area contributed by atoms with Gasteiger partial charge in [0.15, 0.2) is 0 Å². The van der Waals surface area contributed by atoms with E-state index in [-0.39, 0.29) is 30.2 Å². The predicted molar refractivity (Wildman–Crippen MR) is 184 cm³/mol. The number of halogens is 1. The highest BCUT2D eigenvalue weighted by Gasteiger charge is 2.44. The Morgan fingerprint density at radius 1 is 1.07 bits per heavy atom. The van der Waals surface area contributed by atoms with E-state index in [1.807, 2.05) is 42.3 Å². The minimum Gasteiger partial charge on any atom is -0.465 e. The highest BCUT2D eigenvalue weighted by Crippen LogP contribution is 2.46. The van der Waals surface area contributed by atoms with E-state index in [2.05, 4.69) is 42.7 Å². The van der Waals surface area contributed by atoms with E-state index in [9.17, 15) is 19.8 Å². The van der Waals surface area contributed by atoms with Crippen molar-refractivity contribution in [2.24, 2.45) is 17.8 Å². The molecule has 1 saturated heterocycles. The van der Waals surface area contributed by atoms with Crippen molar-refractivity contribution in [1.29, 1.82) is 0 Å². The molecule has 248 valence electrons. The Bertz CT molecular complexity index is 1520. The fourth-order valence-corrected chi connectivity index (χ4v) is 8.03. The van der Waals surface area contributed by atoms with E-state index in [1.54, 1.807) is 0 Å². The Morgan fingerprint density at radius 2 is 1.83 bits per heavy atom. The second-order valence-corrected chi connectivity index (χ2v) is 14.0. The summed E-state index contributed by atoms with van der Waals surface area (Å²) >= 11 is 6.97. The third-order valence-corrected chi connectivity index (χ3v) is 10.5. The van der Waals surface area contributed by atoms with Crippen molar-refractivity contribution in [1.82, 2.24) is 20.5 Å². The van der Waals surface area contributed by atoms with Crippen LogP contribution in [0.3, 0.4) is 0 Å². The number of hydrogen-bond donors (Lipinski definition) is 4. The van der Waals surface area contributed by atoms with Crippen LogP contribution in [0, 0.1) is 17.8 Å². The van der Waals surface area contributed by atoms with Gasteiger partial charge in [-0.25, -0.2) is 9.78 Å². The van der Waals surface area contributed by atoms with E-state index in [0.717, 1.165) is 61.5 Å². The maximum atomic E-state index is 13.8. The molecule has 0 radical (unpaired) electrons. The van der Waals surface area contributed by atoms with E-state index >= 15 is 0 Å². The molecule has 1 aliphatic heterocycles. The van der Waals surface area contributed by atoms with Gasteiger partial charge in [-0.2, -0.15) is 0 Å². The Balaban J connectivity index is 1.50. The van der Waals surface area contributed by atoms with Crippen LogP contribution in [-0.4, -0.2) is 65.3 Å². The van der Waals surface area contributed by atoms with Crippen molar-refractivity contribution >= 4 is 34.5 Å². The number of carbonyl (C=O) groups is 2. The molecule has 0 spiro atoms. The zero-order valence-electron chi connectivity index (χ0n) is 27.4. The lowest BCUT2D eigenvalue weighted by molar-refractivity contribution is -0.142. The number of hydrogen-bond acceptors (Lipinski definition) is 5. The van der Waals surface area contributed by atoms with Crippen LogP contribution in [0.25, 0.3) is 22.2 Å². The number of nitrogens with one attached hydrogen (secondary N) is 2. The van der Waals surface area contributed by atoms with Crippen molar-refractivity contribution < 1.29 is 19.8 Å². The summed E-state index contributed by atoms with van der Waals surface area (Å²) in [7, 11) is 1.98. The maximum Gasteiger partial charge on any atom is 0.404 e. The SMILES string of the molecule is CNCC1CCC(C(=O)N2CCCC(C(O)(CCCNC(=O)O)c3cccc(Cl)c3-c3ccc4cccc(C(C)C)c4n3)C2)CC1. The van der Waals surface area contributed by atoms with Gasteiger partial charge >= 0.3 is 6.09 Å². The van der Waals surface area contributed by atoms with Gasteiger partial charge in [0.1, 0.15) is 0 Å². The number of amides is 2. The molecule has 2 fully saturated rings. The summed E-state index contributed by atoms with van der Waals surface area (Å²) in [6.45, 7) is 6.64. The lowest BCUT2D eigenvalue weighted by Gasteiger charge is -2.44. The molecule has 9 heteroatoms. The van der Waals surface area contributed by atoms with Gasteiger partial charge in [-0.15, -0.1) is 0 Å². The molecule has 2 aromatic carbocycles. The minimum absolute atomic E-state index is 0.0263. The lowest BCUT2D eigenvalue weighted by Crippen LogP contribution is -2.50. The summed E-state index contributed by atoms with van der Waals surface area (Å²) in [5, 5.41) is 29.4. The van der Waals surface area contributed by atoms with Crippen molar-refractivity contribution in [2.45, 2.75) is 76.7 Å². The average Bonchev–Trinajstić information content (AvgIpc) is 3.06. The van der Waals surface area contributed by atoms with E-state index < -0.39 is 11.7 Å². The van der Waals surface area contributed by atoms with Gasteiger partial charge in [0.2, 0.25) is 5.91 Å². The minimum atomic E-state index is -1.36. The molecule has 3 aromatic rings. The van der Waals surface area contributed by atoms with Gasteiger partial charge in [0, 0.05) is 42.4 Å². The van der Waals surface area contributed by atoms with Crippen molar-refractivity contribution in [3.8, 4) is 11.3 Å². The van der Waals surface area contributed by atoms with E-state index in [1.165, 1.54) is 0 Å². The molecular formula is C37H49ClN4O4. The number of carbonyl (C=O) groups excluding carboxylic acids is 1. The number of fused-ring (bicyclic) bond motifs is 1. The number of para-hydroxylation sites is 1. The molecule has 8 nitrogen and oxygen atoms in total. The second-order valence-electron chi connectivity index (χ2n) is 13.6. The number of piperidine rings is 1. The van der Waals surface area contributed by atoms with Crippen LogP contribution in [0.2, 0.25) is 5.02 Å². The summed E-state index contributed by atoms with van der Waals surface area (Å²) in [5.74, 6) is 0.874. The Hall–Kier alpha value is -3.20. The van der Waals surface area contributed by atoms with Crippen LogP contribution in [0.5, 0.6) is 0 Å². The standard InChI is InChI=1S/C37H49ClN4O4/c1-24(2)29-10-4-8-26-17-18-32(41-34(26)29)33-30(11-5-12-31(33)38)37(46,19-7-20-40-36(44)45)28-9-6-21-42(23-28)35(43)27-15-13-25(14-16-27)22-39-3/h4-5,8,10-12,17-18,24-25,27-28,39-40,46H,6-7,9,13-16,19-23H2,1-3H3,(H,44,45). The van der Waals surface area contributed by atoms with Crippen molar-refractivity contribution in [3.63, 3.8) is 0 Å². The molecule has 2 heterocycles. The molecule has 4 N–H and O–H groups in total. The first-order valence-electron chi connectivity index (χ1n) is 16.9. The zero-order chi connectivity index (χ0) is 32.8. The molecule has 2 atom stereocenters. The predicted octanol–water partition coefficient (Wildman–Crippen LogP) is 7.18. The van der Waals surface area contributed by atoms with E-state index in [0.29, 0.717) is 53.7 Å². The number of pyridine rings is 1. The normalized spacial score (nSPS) is 21.7. The Morgan fingerprint density at radius 3 is 2.54 bits per heavy atom. The largest absolute Gasteiger partial charge is 0.465 e. The molecule has 0 bridgehead atoms. The van der Waals surface area contributed by atoms with Crippen molar-refractivity contribution in [3.05, 3.63) is 64.7 Å². The van der Waals surface area contributed by atoms with Crippen LogP contribution in [0.1, 0.15) is 82.3 Å². The Kier molecular flexibility index (Phi) is 11.2. The van der Waals surface area contributed by atoms with Crippen LogP contribution in [-0.2, 0) is 10.4 Å². The Labute approximate surface area is 277 Å². The van der Waals surface area contributed by atoms with Crippen LogP contribution in [0.4, 0.5) is 4.79 Å². The topological polar surface area (TPSA) is 115 Å². The summed E-state index contributed by atoms with van der Waals surface area (Å²) in [6.07, 6.45) is 5.11. The highest BCUT2D eigenvalue weighted by atomic mass is 35.5. The number of benzene rings is 2. The highest BCUT2D eigenvalue weighted by molar-refractivity contribution is 6.33. The summed E-state index contributed by atoms with van der Waals surface area (Å²) < 4.78 is 0. The van der Waals surface area contributed by atoms with E-state index in [4.69, 9.17) is 16.6 Å². The van der Waals surface area contributed by atoms with Crippen LogP contribution < -0.4 is 10.6 Å². The fourth-order valence-electron chi connectivity index (χ4n) is 7.76. The number of nitrogens with zero attached hydrogens (tertiary/aromatic N) is 2. The summed E-state index contributed by atoms with van der Waals surface area (Å²) in [4.78, 5) is 32.2. The summed E-state index contributed by atoms with van der Waals surface area (Å²) in [5.41, 5.74) is 2.74. The maximum absolute atomic E-state index is 13.8. The van der Waals surface area contributed by atoms with Crippen LogP contribution >= 0.6 is 11.6 Å². The monoisotopic (exact) mass is 648 g/mol. The lowest BCUT2D eigenvalue weighted by atomic mass is 9.72. The molecule has 2 amide bonds. The summed E-state index contributed by atoms with van der Waals surface area (Å²) in [6, 6.07) is 15.8. The molecule has 1 saturated carbocycles. The van der Waals surface area contributed by atoms with Gasteiger partial charge in [-0.3, -0.25) is 4.79 Å². The molecule has 5 rings (SSSR count). The molecule has 1 aromatic heterocycles. The molecule has 2 aliphatic rings. The number of aromatic nitrogens is 1. The first-order valence-corrected chi connectivity index (χ1v) is 17.3. The molecular weight excluding hydrogens is 600 g/mol. The smallest absolute Gasteiger partial charge is 0.404 e. The quantitative estimate of drug-likeness (QED) is 0.164. The van der Waals surface area contributed by atoms with Gasteiger partial charge in [0.05, 0.1) is 21.8 Å². The first kappa shape index (κ1) is 34.1. The zero-order valence-corrected chi connectivity index (χ0v) is 28.2. The van der Waals surface area contributed by atoms with Gasteiger partial charge in [-0.05, 0) is 100 Å². The third kappa shape index (κ3) is 7.50. The molecule has 2 unspecified atom stereocenters. The fraction of sp³-hybridized carbons (Fsp3) is 0.541. The molecule has 1 aliphatic carbocycles. The first-order chi connectivity index (χ1) is 22.1. The van der Waals surface area contributed by atoms with Crippen LogP contribution in [0.15, 0.2) is 48.5 Å². The average molecular weight is 649 g/mol. The second kappa shape index (κ2) is 15.1. The third-order valence-electron chi connectivity index (χ3n) is 10.2. The van der Waals surface area contributed by atoms with Gasteiger partial charge in [0.25, 0.3) is 0 Å². The number of rotatable bonds is 11. The number of likely N-dealkylation sites (tertiary alicyclic amines) is 1. The number of aliphatic hydroxyl groups is 1.